The minimum atomic E-state index is 0.402. The van der Waals surface area contributed by atoms with E-state index in [1.807, 2.05) is 18.3 Å². The van der Waals surface area contributed by atoms with E-state index in [0.29, 0.717) is 22.4 Å². The fourth-order valence-electron chi connectivity index (χ4n) is 1.64. The van der Waals surface area contributed by atoms with Crippen LogP contribution in [-0.2, 0) is 13.2 Å². The number of pyridine rings is 1. The van der Waals surface area contributed by atoms with Gasteiger partial charge in [-0.05, 0) is 30.3 Å². The summed E-state index contributed by atoms with van der Waals surface area (Å²) in [5.41, 5.74) is 2.03. The molecule has 0 radical (unpaired) electrons. The van der Waals surface area contributed by atoms with Gasteiger partial charge in [-0.2, -0.15) is 0 Å². The van der Waals surface area contributed by atoms with Gasteiger partial charge in [0, 0.05) is 18.8 Å². The number of aromatic nitrogens is 1. The van der Waals surface area contributed by atoms with Gasteiger partial charge >= 0.3 is 0 Å². The number of ether oxygens (including phenoxy) is 1. The molecule has 1 heterocycles. The third kappa shape index (κ3) is 4.37. The van der Waals surface area contributed by atoms with Gasteiger partial charge < -0.3 is 10.1 Å². The number of rotatable bonds is 6. The van der Waals surface area contributed by atoms with Gasteiger partial charge in [0.25, 0.3) is 0 Å². The molecule has 2 aromatic rings. The lowest BCUT2D eigenvalue weighted by atomic mass is 10.2. The van der Waals surface area contributed by atoms with Crippen LogP contribution in [0.1, 0.15) is 18.2 Å². The van der Waals surface area contributed by atoms with Crippen molar-refractivity contribution < 1.29 is 4.74 Å². The van der Waals surface area contributed by atoms with Gasteiger partial charge in [-0.15, -0.1) is 0 Å². The Bertz CT molecular complexity index is 558. The lowest BCUT2D eigenvalue weighted by Gasteiger charge is -2.07. The summed E-state index contributed by atoms with van der Waals surface area (Å²) < 4.78 is 5.63. The smallest absolute Gasteiger partial charge is 0.130 e. The van der Waals surface area contributed by atoms with E-state index in [2.05, 4.69) is 17.2 Å². The molecule has 0 saturated heterocycles. The second-order valence-corrected chi connectivity index (χ2v) is 5.12. The number of halogens is 2. The van der Waals surface area contributed by atoms with Crippen molar-refractivity contribution in [3.63, 3.8) is 0 Å². The molecule has 0 aliphatic heterocycles. The Morgan fingerprint density at radius 3 is 2.65 bits per heavy atom. The zero-order valence-corrected chi connectivity index (χ0v) is 12.7. The van der Waals surface area contributed by atoms with Crippen LogP contribution in [0.3, 0.4) is 0 Å². The number of nitrogens with one attached hydrogen (secondary N) is 1. The van der Waals surface area contributed by atoms with Crippen molar-refractivity contribution in [2.75, 3.05) is 6.54 Å². The highest BCUT2D eigenvalue weighted by molar-refractivity contribution is 6.42. The van der Waals surface area contributed by atoms with Gasteiger partial charge in [0.1, 0.15) is 12.4 Å². The first kappa shape index (κ1) is 15.1. The molecular weight excluding hydrogens is 295 g/mol. The second-order valence-electron chi connectivity index (χ2n) is 4.30. The standard InChI is InChI=1S/C15H16Cl2N2O/c1-2-18-8-11-3-4-12(19-9-11)10-20-13-5-6-14(16)15(17)7-13/h3-7,9,18H,2,8,10H2,1H3. The lowest BCUT2D eigenvalue weighted by molar-refractivity contribution is 0.301. The van der Waals surface area contributed by atoms with E-state index < -0.39 is 0 Å². The summed E-state index contributed by atoms with van der Waals surface area (Å²) in [7, 11) is 0. The largest absolute Gasteiger partial charge is 0.487 e. The first-order chi connectivity index (χ1) is 9.69. The molecule has 0 atom stereocenters. The molecule has 0 saturated carbocycles. The molecule has 1 aromatic carbocycles. The summed E-state index contributed by atoms with van der Waals surface area (Å²) in [5.74, 6) is 0.679. The highest BCUT2D eigenvalue weighted by Gasteiger charge is 2.02. The molecule has 0 unspecified atom stereocenters. The molecule has 3 nitrogen and oxygen atoms in total. The first-order valence-corrected chi connectivity index (χ1v) is 7.17. The topological polar surface area (TPSA) is 34.1 Å². The Balaban J connectivity index is 1.91. The van der Waals surface area contributed by atoms with Gasteiger partial charge in [0.2, 0.25) is 0 Å². The molecule has 0 aliphatic carbocycles. The number of benzene rings is 1. The highest BCUT2D eigenvalue weighted by Crippen LogP contribution is 2.26. The number of hydrogen-bond acceptors (Lipinski definition) is 3. The molecule has 1 aromatic heterocycles. The van der Waals surface area contributed by atoms with Gasteiger partial charge in [-0.25, -0.2) is 0 Å². The Morgan fingerprint density at radius 1 is 1.15 bits per heavy atom. The monoisotopic (exact) mass is 310 g/mol. The summed E-state index contributed by atoms with van der Waals surface area (Å²) in [6.45, 7) is 4.26. The zero-order valence-electron chi connectivity index (χ0n) is 11.2. The van der Waals surface area contributed by atoms with Gasteiger partial charge in [-0.1, -0.05) is 36.2 Å². The third-order valence-electron chi connectivity index (χ3n) is 2.74. The van der Waals surface area contributed by atoms with Gasteiger partial charge in [-0.3, -0.25) is 4.98 Å². The van der Waals surface area contributed by atoms with Crippen LogP contribution in [0.25, 0.3) is 0 Å². The molecule has 0 aliphatic rings. The van der Waals surface area contributed by atoms with Crippen LogP contribution in [0.15, 0.2) is 36.5 Å². The van der Waals surface area contributed by atoms with Gasteiger partial charge in [0.15, 0.2) is 0 Å². The van der Waals surface area contributed by atoms with Gasteiger partial charge in [0.05, 0.1) is 15.7 Å². The molecule has 106 valence electrons. The average Bonchev–Trinajstić information content (AvgIpc) is 2.47. The molecule has 20 heavy (non-hydrogen) atoms. The third-order valence-corrected chi connectivity index (χ3v) is 3.48. The summed E-state index contributed by atoms with van der Waals surface area (Å²) in [5, 5.41) is 4.26. The minimum Gasteiger partial charge on any atom is -0.487 e. The van der Waals surface area contributed by atoms with E-state index in [1.54, 1.807) is 18.2 Å². The highest BCUT2D eigenvalue weighted by atomic mass is 35.5. The summed E-state index contributed by atoms with van der Waals surface area (Å²) in [6.07, 6.45) is 1.86. The van der Waals surface area contributed by atoms with Crippen LogP contribution in [0.5, 0.6) is 5.75 Å². The first-order valence-electron chi connectivity index (χ1n) is 6.41. The van der Waals surface area contributed by atoms with Crippen molar-refractivity contribution >= 4 is 23.2 Å². The van der Waals surface area contributed by atoms with E-state index in [9.17, 15) is 0 Å². The summed E-state index contributed by atoms with van der Waals surface area (Å²) >= 11 is 11.8. The Kier molecular flexibility index (Phi) is 5.65. The van der Waals surface area contributed by atoms with Crippen molar-refractivity contribution in [1.82, 2.24) is 10.3 Å². The van der Waals surface area contributed by atoms with E-state index in [4.69, 9.17) is 27.9 Å². The van der Waals surface area contributed by atoms with Crippen molar-refractivity contribution in [1.29, 1.82) is 0 Å². The lowest BCUT2D eigenvalue weighted by Crippen LogP contribution is -2.12. The van der Waals surface area contributed by atoms with Crippen molar-refractivity contribution in [2.24, 2.45) is 0 Å². The molecule has 0 fully saturated rings. The Morgan fingerprint density at radius 2 is 2.00 bits per heavy atom. The fourth-order valence-corrected chi connectivity index (χ4v) is 1.93. The molecule has 1 N–H and O–H groups in total. The second kappa shape index (κ2) is 7.48. The van der Waals surface area contributed by atoms with E-state index >= 15 is 0 Å². The SMILES string of the molecule is CCNCc1ccc(COc2ccc(Cl)c(Cl)c2)nc1. The maximum Gasteiger partial charge on any atom is 0.130 e. The minimum absolute atomic E-state index is 0.402. The molecule has 0 bridgehead atoms. The van der Waals surface area contributed by atoms with Crippen LogP contribution in [0.2, 0.25) is 10.0 Å². The summed E-state index contributed by atoms with van der Waals surface area (Å²) in [6, 6.07) is 9.21. The molecule has 0 amide bonds. The van der Waals surface area contributed by atoms with Crippen LogP contribution in [-0.4, -0.2) is 11.5 Å². The van der Waals surface area contributed by atoms with E-state index in [0.717, 1.165) is 24.3 Å². The van der Waals surface area contributed by atoms with Crippen molar-refractivity contribution in [3.05, 3.63) is 57.8 Å². The number of nitrogens with zero attached hydrogens (tertiary/aromatic N) is 1. The predicted octanol–water partition coefficient (Wildman–Crippen LogP) is 4.08. The molecular formula is C15H16Cl2N2O. The van der Waals surface area contributed by atoms with E-state index in [-0.39, 0.29) is 0 Å². The normalized spacial score (nSPS) is 10.6. The summed E-state index contributed by atoms with van der Waals surface area (Å²) in [4.78, 5) is 4.36. The van der Waals surface area contributed by atoms with Crippen molar-refractivity contribution in [3.8, 4) is 5.75 Å². The fraction of sp³-hybridized carbons (Fsp3) is 0.267. The predicted molar refractivity (Wildman–Crippen MR) is 82.4 cm³/mol. The molecule has 0 spiro atoms. The van der Waals surface area contributed by atoms with Crippen LogP contribution < -0.4 is 10.1 Å². The Labute approximate surface area is 128 Å². The van der Waals surface area contributed by atoms with Crippen LogP contribution >= 0.6 is 23.2 Å². The number of hydrogen-bond donors (Lipinski definition) is 1. The zero-order chi connectivity index (χ0) is 14.4. The molecule has 2 rings (SSSR count). The van der Waals surface area contributed by atoms with Crippen LogP contribution in [0.4, 0.5) is 0 Å². The maximum absolute atomic E-state index is 5.93. The average molecular weight is 311 g/mol. The van der Waals surface area contributed by atoms with Crippen LogP contribution in [0, 0.1) is 0 Å². The van der Waals surface area contributed by atoms with Crippen molar-refractivity contribution in [2.45, 2.75) is 20.1 Å². The van der Waals surface area contributed by atoms with E-state index in [1.165, 1.54) is 0 Å². The molecule has 5 heteroatoms. The Hall–Kier alpha value is -1.29. The quantitative estimate of drug-likeness (QED) is 0.873. The maximum atomic E-state index is 5.93.